The summed E-state index contributed by atoms with van der Waals surface area (Å²) in [7, 11) is -2.42. The number of hydrogen-bond acceptors (Lipinski definition) is 5. The van der Waals surface area contributed by atoms with Gasteiger partial charge in [0.1, 0.15) is 10.6 Å². The number of aryl methyl sites for hydroxylation is 1. The fourth-order valence-corrected chi connectivity index (χ4v) is 3.61. The minimum Gasteiger partial charge on any atom is -0.495 e. The SMILES string of the molecule is COc1cc(-c2cc(C)no2)ccc1S(=O)(=O)Nc1ccc(Cl)cc1. The summed E-state index contributed by atoms with van der Waals surface area (Å²) < 4.78 is 38.3. The van der Waals surface area contributed by atoms with E-state index in [1.54, 1.807) is 49.4 Å². The molecule has 0 aliphatic rings. The van der Waals surface area contributed by atoms with Crippen LogP contribution >= 0.6 is 11.6 Å². The van der Waals surface area contributed by atoms with Crippen molar-refractivity contribution in [2.45, 2.75) is 11.8 Å². The minimum atomic E-state index is -3.83. The number of nitrogens with one attached hydrogen (secondary N) is 1. The molecular formula is C17H15ClN2O4S. The molecular weight excluding hydrogens is 364 g/mol. The zero-order valence-corrected chi connectivity index (χ0v) is 15.1. The number of aromatic nitrogens is 1. The molecule has 130 valence electrons. The highest BCUT2D eigenvalue weighted by molar-refractivity contribution is 7.92. The van der Waals surface area contributed by atoms with Crippen LogP contribution in [-0.4, -0.2) is 20.7 Å². The van der Waals surface area contributed by atoms with E-state index in [4.69, 9.17) is 20.9 Å². The lowest BCUT2D eigenvalue weighted by Gasteiger charge is -2.12. The van der Waals surface area contributed by atoms with Gasteiger partial charge in [-0.3, -0.25) is 4.72 Å². The molecule has 3 rings (SSSR count). The summed E-state index contributed by atoms with van der Waals surface area (Å²) in [6, 6.07) is 12.8. The summed E-state index contributed by atoms with van der Waals surface area (Å²) in [4.78, 5) is 0.0185. The first-order valence-corrected chi connectivity index (χ1v) is 9.15. The van der Waals surface area contributed by atoms with Gasteiger partial charge in [0.05, 0.1) is 12.8 Å². The van der Waals surface area contributed by atoms with Gasteiger partial charge in [0.2, 0.25) is 0 Å². The van der Waals surface area contributed by atoms with Crippen LogP contribution in [0, 0.1) is 6.92 Å². The van der Waals surface area contributed by atoms with Gasteiger partial charge in [0.25, 0.3) is 10.0 Å². The Hall–Kier alpha value is -2.51. The average molecular weight is 379 g/mol. The lowest BCUT2D eigenvalue weighted by molar-refractivity contribution is 0.402. The third-order valence-corrected chi connectivity index (χ3v) is 5.13. The first-order chi connectivity index (χ1) is 11.9. The maximum absolute atomic E-state index is 12.7. The Labute approximate surface area is 150 Å². The molecule has 1 heterocycles. The van der Waals surface area contributed by atoms with Crippen LogP contribution in [0.4, 0.5) is 5.69 Å². The fourth-order valence-electron chi connectivity index (χ4n) is 2.27. The van der Waals surface area contributed by atoms with Crippen LogP contribution in [0.25, 0.3) is 11.3 Å². The van der Waals surface area contributed by atoms with Gasteiger partial charge in [-0.05, 0) is 49.4 Å². The Balaban J connectivity index is 1.96. The fraction of sp³-hybridized carbons (Fsp3) is 0.118. The average Bonchev–Trinajstić information content (AvgIpc) is 3.02. The van der Waals surface area contributed by atoms with Crippen molar-refractivity contribution in [2.75, 3.05) is 11.8 Å². The molecule has 8 heteroatoms. The van der Waals surface area contributed by atoms with Crippen molar-refractivity contribution < 1.29 is 17.7 Å². The van der Waals surface area contributed by atoms with Crippen LogP contribution in [-0.2, 0) is 10.0 Å². The highest BCUT2D eigenvalue weighted by Gasteiger charge is 2.21. The van der Waals surface area contributed by atoms with Crippen molar-refractivity contribution in [3.63, 3.8) is 0 Å². The number of halogens is 1. The van der Waals surface area contributed by atoms with E-state index >= 15 is 0 Å². The molecule has 0 saturated heterocycles. The molecule has 2 aromatic carbocycles. The third-order valence-electron chi connectivity index (χ3n) is 3.46. The molecule has 0 atom stereocenters. The Morgan fingerprint density at radius 2 is 1.84 bits per heavy atom. The van der Waals surface area contributed by atoms with E-state index < -0.39 is 10.0 Å². The second-order valence-corrected chi connectivity index (χ2v) is 7.40. The van der Waals surface area contributed by atoms with Gasteiger partial charge >= 0.3 is 0 Å². The number of rotatable bonds is 5. The lowest BCUT2D eigenvalue weighted by atomic mass is 10.1. The highest BCUT2D eigenvalue weighted by atomic mass is 35.5. The predicted octanol–water partition coefficient (Wildman–Crippen LogP) is 4.11. The lowest BCUT2D eigenvalue weighted by Crippen LogP contribution is -2.14. The van der Waals surface area contributed by atoms with Gasteiger partial charge in [0.15, 0.2) is 5.76 Å². The minimum absolute atomic E-state index is 0.0185. The molecule has 0 radical (unpaired) electrons. The van der Waals surface area contributed by atoms with Gasteiger partial charge in [-0.25, -0.2) is 8.42 Å². The topological polar surface area (TPSA) is 81.4 Å². The smallest absolute Gasteiger partial charge is 0.265 e. The van der Waals surface area contributed by atoms with Crippen LogP contribution in [0.3, 0.4) is 0 Å². The molecule has 1 aromatic heterocycles. The molecule has 0 aliphatic carbocycles. The maximum Gasteiger partial charge on any atom is 0.265 e. The van der Waals surface area contributed by atoms with Gasteiger partial charge in [-0.2, -0.15) is 0 Å². The first kappa shape index (κ1) is 17.3. The van der Waals surface area contributed by atoms with Crippen LogP contribution in [0.5, 0.6) is 5.75 Å². The third kappa shape index (κ3) is 3.78. The number of nitrogens with zero attached hydrogens (tertiary/aromatic N) is 1. The molecule has 0 bridgehead atoms. The van der Waals surface area contributed by atoms with Gasteiger partial charge in [-0.15, -0.1) is 0 Å². The summed E-state index contributed by atoms with van der Waals surface area (Å²) in [5, 5.41) is 4.35. The Morgan fingerprint density at radius 1 is 1.12 bits per heavy atom. The standard InChI is InChI=1S/C17H15ClN2O4S/c1-11-9-15(24-19-11)12-3-8-17(16(10-12)23-2)25(21,22)20-14-6-4-13(18)5-7-14/h3-10,20H,1-2H3. The van der Waals surface area contributed by atoms with E-state index in [0.717, 1.165) is 5.69 Å². The Morgan fingerprint density at radius 3 is 2.44 bits per heavy atom. The molecule has 0 spiro atoms. The summed E-state index contributed by atoms with van der Waals surface area (Å²) in [6.07, 6.45) is 0. The molecule has 1 N–H and O–H groups in total. The summed E-state index contributed by atoms with van der Waals surface area (Å²) in [6.45, 7) is 1.80. The van der Waals surface area contributed by atoms with Crippen molar-refractivity contribution in [3.8, 4) is 17.1 Å². The number of benzene rings is 2. The number of ether oxygens (including phenoxy) is 1. The Kier molecular flexibility index (Phi) is 4.69. The molecule has 0 fully saturated rings. The molecule has 0 amide bonds. The molecule has 6 nitrogen and oxygen atoms in total. The van der Waals surface area contributed by atoms with Gasteiger partial charge in [-0.1, -0.05) is 16.8 Å². The van der Waals surface area contributed by atoms with Gasteiger partial charge < -0.3 is 9.26 Å². The summed E-state index contributed by atoms with van der Waals surface area (Å²) in [5.41, 5.74) is 1.80. The monoisotopic (exact) mass is 378 g/mol. The van der Waals surface area contributed by atoms with Crippen LogP contribution in [0.1, 0.15) is 5.69 Å². The number of hydrogen-bond donors (Lipinski definition) is 1. The summed E-state index contributed by atoms with van der Waals surface area (Å²) in [5.74, 6) is 0.735. The Bertz CT molecular complexity index is 998. The number of sulfonamides is 1. The van der Waals surface area contributed by atoms with Crippen LogP contribution in [0.2, 0.25) is 5.02 Å². The van der Waals surface area contributed by atoms with E-state index in [2.05, 4.69) is 9.88 Å². The molecule has 3 aromatic rings. The number of anilines is 1. The van der Waals surface area contributed by atoms with E-state index in [1.807, 2.05) is 0 Å². The van der Waals surface area contributed by atoms with Crippen LogP contribution < -0.4 is 9.46 Å². The zero-order chi connectivity index (χ0) is 18.0. The van der Waals surface area contributed by atoms with Crippen molar-refractivity contribution >= 4 is 27.3 Å². The molecule has 0 unspecified atom stereocenters. The van der Waals surface area contributed by atoms with Crippen LogP contribution in [0.15, 0.2) is 57.9 Å². The summed E-state index contributed by atoms with van der Waals surface area (Å²) >= 11 is 5.81. The van der Waals surface area contributed by atoms with E-state index in [0.29, 0.717) is 22.0 Å². The number of methoxy groups -OCH3 is 1. The van der Waals surface area contributed by atoms with E-state index in [1.165, 1.54) is 13.2 Å². The zero-order valence-electron chi connectivity index (χ0n) is 13.5. The predicted molar refractivity (Wildman–Crippen MR) is 95.5 cm³/mol. The maximum atomic E-state index is 12.7. The molecule has 25 heavy (non-hydrogen) atoms. The van der Waals surface area contributed by atoms with E-state index in [-0.39, 0.29) is 10.6 Å². The van der Waals surface area contributed by atoms with E-state index in [9.17, 15) is 8.42 Å². The van der Waals surface area contributed by atoms with Crippen molar-refractivity contribution in [2.24, 2.45) is 0 Å². The normalized spacial score (nSPS) is 11.3. The molecule has 0 saturated carbocycles. The molecule has 0 aliphatic heterocycles. The van der Waals surface area contributed by atoms with Crippen molar-refractivity contribution in [3.05, 3.63) is 59.2 Å². The van der Waals surface area contributed by atoms with Gasteiger partial charge in [0, 0.05) is 22.3 Å². The largest absolute Gasteiger partial charge is 0.495 e. The van der Waals surface area contributed by atoms with Crippen molar-refractivity contribution in [1.82, 2.24) is 5.16 Å². The highest BCUT2D eigenvalue weighted by Crippen LogP contribution is 2.31. The van der Waals surface area contributed by atoms with Crippen molar-refractivity contribution in [1.29, 1.82) is 0 Å². The second kappa shape index (κ2) is 6.78. The second-order valence-electron chi connectivity index (χ2n) is 5.31. The first-order valence-electron chi connectivity index (χ1n) is 7.29. The quantitative estimate of drug-likeness (QED) is 0.722.